The maximum Gasteiger partial charge on any atom is 0.336 e. The van der Waals surface area contributed by atoms with Gasteiger partial charge in [-0.2, -0.15) is 0 Å². The van der Waals surface area contributed by atoms with Crippen molar-refractivity contribution in [3.63, 3.8) is 0 Å². The summed E-state index contributed by atoms with van der Waals surface area (Å²) >= 11 is 0. The Hall–Kier alpha value is -2.14. The minimum absolute atomic E-state index is 0.0352. The third-order valence-electron chi connectivity index (χ3n) is 5.16. The number of ether oxygens (including phenoxy) is 1. The molecule has 2 aromatic rings. The van der Waals surface area contributed by atoms with Crippen molar-refractivity contribution in [1.82, 2.24) is 4.98 Å². The van der Waals surface area contributed by atoms with Gasteiger partial charge in [-0.1, -0.05) is 13.8 Å². The van der Waals surface area contributed by atoms with Crippen LogP contribution >= 0.6 is 0 Å². The standard InChI is InChI=1S/C17H18N2O3/c1-16(2)10-22-17(16)8-19(9-17)11-3-4-14-13(7-11)12(15(20)21)5-6-18-14/h3-7H,8-10H2,1-2H3,(H,20,21). The van der Waals surface area contributed by atoms with Crippen LogP contribution in [0.3, 0.4) is 0 Å². The van der Waals surface area contributed by atoms with Gasteiger partial charge in [0, 0.05) is 35.8 Å². The van der Waals surface area contributed by atoms with Crippen LogP contribution in [0.15, 0.2) is 30.5 Å². The van der Waals surface area contributed by atoms with Crippen LogP contribution in [0.1, 0.15) is 24.2 Å². The Kier molecular flexibility index (Phi) is 2.58. The fourth-order valence-corrected chi connectivity index (χ4v) is 3.35. The lowest BCUT2D eigenvalue weighted by molar-refractivity contribution is -0.262. The maximum atomic E-state index is 11.4. The van der Waals surface area contributed by atoms with E-state index in [1.807, 2.05) is 18.2 Å². The number of hydrogen-bond donors (Lipinski definition) is 1. The summed E-state index contributed by atoms with van der Waals surface area (Å²) in [5.41, 5.74) is 2.21. The Morgan fingerprint density at radius 3 is 2.68 bits per heavy atom. The van der Waals surface area contributed by atoms with E-state index in [9.17, 15) is 9.90 Å². The topological polar surface area (TPSA) is 62.7 Å². The van der Waals surface area contributed by atoms with Gasteiger partial charge in [0.25, 0.3) is 0 Å². The third-order valence-corrected chi connectivity index (χ3v) is 5.16. The van der Waals surface area contributed by atoms with E-state index in [2.05, 4.69) is 23.7 Å². The molecule has 1 spiro atoms. The van der Waals surface area contributed by atoms with Gasteiger partial charge in [0.05, 0.1) is 17.7 Å². The van der Waals surface area contributed by atoms with Gasteiger partial charge in [-0.15, -0.1) is 0 Å². The van der Waals surface area contributed by atoms with E-state index in [0.29, 0.717) is 16.5 Å². The first kappa shape index (κ1) is 13.5. The van der Waals surface area contributed by atoms with Crippen molar-refractivity contribution in [2.75, 3.05) is 24.6 Å². The Bertz CT molecular complexity index is 779. The number of fused-ring (bicyclic) bond motifs is 1. The molecule has 0 unspecified atom stereocenters. The number of carbonyl (C=O) groups is 1. The second kappa shape index (κ2) is 4.20. The molecule has 1 aromatic carbocycles. The van der Waals surface area contributed by atoms with Crippen molar-refractivity contribution < 1.29 is 14.6 Å². The zero-order valence-corrected chi connectivity index (χ0v) is 12.7. The first-order valence-electron chi connectivity index (χ1n) is 7.43. The van der Waals surface area contributed by atoms with E-state index in [0.717, 1.165) is 25.4 Å². The third kappa shape index (κ3) is 1.69. The zero-order chi connectivity index (χ0) is 15.5. The van der Waals surface area contributed by atoms with Crippen LogP contribution < -0.4 is 4.90 Å². The lowest BCUT2D eigenvalue weighted by atomic mass is 9.66. The molecule has 0 radical (unpaired) electrons. The van der Waals surface area contributed by atoms with Crippen molar-refractivity contribution in [2.24, 2.45) is 5.41 Å². The number of carboxylic acids is 1. The molecule has 114 valence electrons. The number of pyridine rings is 1. The van der Waals surface area contributed by atoms with E-state index in [1.54, 1.807) is 6.07 Å². The van der Waals surface area contributed by atoms with E-state index in [1.165, 1.54) is 6.20 Å². The second-order valence-corrected chi connectivity index (χ2v) is 6.89. The van der Waals surface area contributed by atoms with E-state index >= 15 is 0 Å². The average Bonchev–Trinajstić information content (AvgIpc) is 2.44. The van der Waals surface area contributed by atoms with Gasteiger partial charge in [0.2, 0.25) is 0 Å². The predicted octanol–water partition coefficient (Wildman–Crippen LogP) is 2.55. The molecule has 1 aromatic heterocycles. The number of nitrogens with zero attached hydrogens (tertiary/aromatic N) is 2. The van der Waals surface area contributed by atoms with Crippen molar-refractivity contribution in [3.8, 4) is 0 Å². The number of aromatic nitrogens is 1. The molecule has 2 aliphatic rings. The Morgan fingerprint density at radius 1 is 1.32 bits per heavy atom. The normalized spacial score (nSPS) is 21.5. The highest BCUT2D eigenvalue weighted by Crippen LogP contribution is 2.51. The molecule has 1 N–H and O–H groups in total. The number of hydrogen-bond acceptors (Lipinski definition) is 4. The van der Waals surface area contributed by atoms with Crippen molar-refractivity contribution >= 4 is 22.6 Å². The van der Waals surface area contributed by atoms with Crippen molar-refractivity contribution in [1.29, 1.82) is 0 Å². The molecule has 22 heavy (non-hydrogen) atoms. The minimum atomic E-state index is -0.923. The number of benzene rings is 1. The SMILES string of the molecule is CC1(C)COC12CN(c1ccc3nccc(C(=O)O)c3c1)C2. The molecule has 5 heteroatoms. The summed E-state index contributed by atoms with van der Waals surface area (Å²) in [5, 5.41) is 10.0. The molecular weight excluding hydrogens is 280 g/mol. The minimum Gasteiger partial charge on any atom is -0.478 e. The monoisotopic (exact) mass is 298 g/mol. The zero-order valence-electron chi connectivity index (χ0n) is 12.7. The average molecular weight is 298 g/mol. The molecule has 0 saturated carbocycles. The van der Waals surface area contributed by atoms with Gasteiger partial charge in [-0.05, 0) is 24.3 Å². The lowest BCUT2D eigenvalue weighted by Crippen LogP contribution is -2.77. The van der Waals surface area contributed by atoms with Gasteiger partial charge in [-0.25, -0.2) is 4.79 Å². The van der Waals surface area contributed by atoms with Gasteiger partial charge >= 0.3 is 5.97 Å². The molecular formula is C17H18N2O3. The summed E-state index contributed by atoms with van der Waals surface area (Å²) in [7, 11) is 0. The quantitative estimate of drug-likeness (QED) is 0.923. The first-order chi connectivity index (χ1) is 10.4. The predicted molar refractivity (Wildman–Crippen MR) is 83.4 cm³/mol. The fraction of sp³-hybridized carbons (Fsp3) is 0.412. The fourth-order valence-electron chi connectivity index (χ4n) is 3.35. The molecule has 0 bridgehead atoms. The summed E-state index contributed by atoms with van der Waals surface area (Å²) in [6, 6.07) is 7.35. The van der Waals surface area contributed by atoms with E-state index in [4.69, 9.17) is 4.74 Å². The maximum absolute atomic E-state index is 11.4. The van der Waals surface area contributed by atoms with Crippen LogP contribution in [-0.2, 0) is 4.74 Å². The number of anilines is 1. The van der Waals surface area contributed by atoms with Crippen LogP contribution in [0.2, 0.25) is 0 Å². The summed E-state index contributed by atoms with van der Waals surface area (Å²) in [5.74, 6) is -0.923. The summed E-state index contributed by atoms with van der Waals surface area (Å²) in [6.45, 7) is 7.00. The highest BCUT2D eigenvalue weighted by Gasteiger charge is 2.61. The molecule has 5 nitrogen and oxygen atoms in total. The molecule has 0 atom stereocenters. The van der Waals surface area contributed by atoms with Crippen LogP contribution in [0.25, 0.3) is 10.9 Å². The van der Waals surface area contributed by atoms with Crippen LogP contribution in [-0.4, -0.2) is 41.4 Å². The summed E-state index contributed by atoms with van der Waals surface area (Å²) in [6.07, 6.45) is 1.54. The van der Waals surface area contributed by atoms with Crippen LogP contribution in [0.5, 0.6) is 0 Å². The Labute approximate surface area is 128 Å². The molecule has 3 heterocycles. The lowest BCUT2D eigenvalue weighted by Gasteiger charge is -2.65. The molecule has 2 fully saturated rings. The molecule has 4 rings (SSSR count). The number of carboxylic acid groups (broad SMARTS) is 1. The molecule has 2 aliphatic heterocycles. The highest BCUT2D eigenvalue weighted by atomic mass is 16.5. The highest BCUT2D eigenvalue weighted by molar-refractivity contribution is 6.03. The summed E-state index contributed by atoms with van der Waals surface area (Å²) in [4.78, 5) is 17.8. The van der Waals surface area contributed by atoms with Gasteiger partial charge in [0.15, 0.2) is 0 Å². The first-order valence-corrected chi connectivity index (χ1v) is 7.43. The Morgan fingerprint density at radius 2 is 2.09 bits per heavy atom. The van der Waals surface area contributed by atoms with Gasteiger partial charge in [0.1, 0.15) is 5.60 Å². The largest absolute Gasteiger partial charge is 0.478 e. The van der Waals surface area contributed by atoms with Crippen molar-refractivity contribution in [3.05, 3.63) is 36.0 Å². The van der Waals surface area contributed by atoms with E-state index < -0.39 is 5.97 Å². The molecule has 0 aliphatic carbocycles. The number of rotatable bonds is 2. The second-order valence-electron chi connectivity index (χ2n) is 6.89. The van der Waals surface area contributed by atoms with Gasteiger partial charge in [-0.3, -0.25) is 4.98 Å². The number of aromatic carboxylic acids is 1. The Balaban J connectivity index is 1.67. The summed E-state index contributed by atoms with van der Waals surface area (Å²) < 4.78 is 5.82. The van der Waals surface area contributed by atoms with Crippen molar-refractivity contribution in [2.45, 2.75) is 19.4 Å². The van der Waals surface area contributed by atoms with Crippen LogP contribution in [0, 0.1) is 5.41 Å². The van der Waals surface area contributed by atoms with Crippen LogP contribution in [0.4, 0.5) is 5.69 Å². The molecule has 2 saturated heterocycles. The van der Waals surface area contributed by atoms with Gasteiger partial charge < -0.3 is 14.7 Å². The smallest absolute Gasteiger partial charge is 0.336 e. The van der Waals surface area contributed by atoms with E-state index in [-0.39, 0.29) is 11.0 Å². The molecule has 0 amide bonds.